The van der Waals surface area contributed by atoms with Crippen molar-refractivity contribution >= 4 is 44.6 Å². The van der Waals surface area contributed by atoms with Crippen LogP contribution < -0.4 is 14.5 Å². The number of anilines is 4. The van der Waals surface area contributed by atoms with Gasteiger partial charge in [-0.05, 0) is 125 Å². The van der Waals surface area contributed by atoms with Crippen molar-refractivity contribution < 1.29 is 4.74 Å². The minimum atomic E-state index is -0.255. The van der Waals surface area contributed by atoms with E-state index < -0.39 is 0 Å². The van der Waals surface area contributed by atoms with E-state index in [0.717, 1.165) is 56.2 Å². The third-order valence-corrected chi connectivity index (χ3v) is 14.2. The van der Waals surface area contributed by atoms with Crippen LogP contribution in [0, 0.1) is 13.8 Å². The fourth-order valence-electron chi connectivity index (χ4n) is 9.96. The molecule has 67 heavy (non-hydrogen) atoms. The highest BCUT2D eigenvalue weighted by molar-refractivity contribution is 6.09. The van der Waals surface area contributed by atoms with Crippen LogP contribution in [0.2, 0.25) is 0 Å². The standard InChI is InChI=1S/C62H54N4O/c1-42-32-58-59(33-43(42)2)65(51-37-48(61(3,4)46-22-12-8-13-23-46)36-49(38-51)62(5,6)47-24-14-9-15-25-47)41-64(58)50-34-45(44-20-10-7-11-21-44)35-53(39-50)67-52-29-30-55-54-26-16-17-27-56(54)66(57(55)40-52)60-28-18-19-31-63-60/h7-40H,41H2,1-6H3. The number of para-hydroxylation sites is 1. The lowest BCUT2D eigenvalue weighted by Crippen LogP contribution is -2.27. The molecule has 0 saturated heterocycles. The van der Waals surface area contributed by atoms with Gasteiger partial charge in [0.2, 0.25) is 0 Å². The molecule has 0 unspecified atom stereocenters. The molecule has 0 spiro atoms. The third-order valence-electron chi connectivity index (χ3n) is 14.2. The molecule has 0 amide bonds. The summed E-state index contributed by atoms with van der Waals surface area (Å²) in [5.74, 6) is 2.38. The highest BCUT2D eigenvalue weighted by Crippen LogP contribution is 2.49. The molecule has 0 atom stereocenters. The summed E-state index contributed by atoms with van der Waals surface area (Å²) in [7, 11) is 0. The van der Waals surface area contributed by atoms with Gasteiger partial charge in [-0.2, -0.15) is 0 Å². The van der Waals surface area contributed by atoms with Crippen molar-refractivity contribution in [3.05, 3.63) is 240 Å². The fraction of sp³-hybridized carbons (Fsp3) is 0.145. The van der Waals surface area contributed by atoms with E-state index in [-0.39, 0.29) is 10.8 Å². The summed E-state index contributed by atoms with van der Waals surface area (Å²) in [6, 6.07) is 72.1. The second-order valence-corrected chi connectivity index (χ2v) is 19.1. The second kappa shape index (κ2) is 16.5. The molecule has 8 aromatic carbocycles. The van der Waals surface area contributed by atoms with Crippen LogP contribution >= 0.6 is 0 Å². The van der Waals surface area contributed by atoms with Gasteiger partial charge in [-0.1, -0.05) is 149 Å². The van der Waals surface area contributed by atoms with Crippen molar-refractivity contribution in [2.24, 2.45) is 0 Å². The topological polar surface area (TPSA) is 33.5 Å². The Labute approximate surface area is 394 Å². The van der Waals surface area contributed by atoms with Gasteiger partial charge in [0, 0.05) is 51.3 Å². The number of fused-ring (bicyclic) bond motifs is 4. The Morgan fingerprint density at radius 3 is 1.60 bits per heavy atom. The zero-order chi connectivity index (χ0) is 45.9. The first-order valence-corrected chi connectivity index (χ1v) is 23.3. The number of nitrogens with zero attached hydrogens (tertiary/aromatic N) is 4. The second-order valence-electron chi connectivity index (χ2n) is 19.1. The van der Waals surface area contributed by atoms with E-state index in [4.69, 9.17) is 9.72 Å². The van der Waals surface area contributed by atoms with Crippen molar-refractivity contribution in [2.75, 3.05) is 16.5 Å². The predicted octanol–water partition coefficient (Wildman–Crippen LogP) is 16.2. The van der Waals surface area contributed by atoms with Crippen LogP contribution in [0.1, 0.15) is 61.1 Å². The number of benzene rings is 8. The minimum absolute atomic E-state index is 0.255. The molecule has 2 aromatic heterocycles. The Hall–Kier alpha value is -7.89. The number of pyridine rings is 1. The monoisotopic (exact) mass is 870 g/mol. The lowest BCUT2D eigenvalue weighted by atomic mass is 9.73. The van der Waals surface area contributed by atoms with E-state index in [1.165, 1.54) is 50.1 Å². The fourth-order valence-corrected chi connectivity index (χ4v) is 9.96. The largest absolute Gasteiger partial charge is 0.457 e. The van der Waals surface area contributed by atoms with Gasteiger partial charge < -0.3 is 14.5 Å². The lowest BCUT2D eigenvalue weighted by Gasteiger charge is -2.33. The van der Waals surface area contributed by atoms with Crippen LogP contribution in [0.25, 0.3) is 38.8 Å². The van der Waals surface area contributed by atoms with Gasteiger partial charge >= 0.3 is 0 Å². The van der Waals surface area contributed by atoms with E-state index in [2.05, 4.69) is 244 Å². The molecule has 10 aromatic rings. The smallest absolute Gasteiger partial charge is 0.137 e. The first kappa shape index (κ1) is 41.8. The van der Waals surface area contributed by atoms with Crippen LogP contribution in [-0.2, 0) is 10.8 Å². The summed E-state index contributed by atoms with van der Waals surface area (Å²) >= 11 is 0. The molecule has 0 aliphatic carbocycles. The summed E-state index contributed by atoms with van der Waals surface area (Å²) in [6.45, 7) is 14.5. The lowest BCUT2D eigenvalue weighted by molar-refractivity contribution is 0.483. The average Bonchev–Trinajstić information content (AvgIpc) is 3.90. The molecule has 5 heteroatoms. The molecule has 0 saturated carbocycles. The first-order chi connectivity index (χ1) is 32.5. The number of hydrogen-bond acceptors (Lipinski definition) is 4. The van der Waals surface area contributed by atoms with Crippen molar-refractivity contribution in [2.45, 2.75) is 52.4 Å². The van der Waals surface area contributed by atoms with E-state index in [0.29, 0.717) is 6.67 Å². The van der Waals surface area contributed by atoms with Gasteiger partial charge in [0.1, 0.15) is 24.0 Å². The van der Waals surface area contributed by atoms with Crippen LogP contribution in [0.15, 0.2) is 206 Å². The zero-order valence-corrected chi connectivity index (χ0v) is 39.0. The predicted molar refractivity (Wildman–Crippen MR) is 279 cm³/mol. The third kappa shape index (κ3) is 7.51. The van der Waals surface area contributed by atoms with Crippen LogP contribution in [0.3, 0.4) is 0 Å². The summed E-state index contributed by atoms with van der Waals surface area (Å²) in [5.41, 5.74) is 16.1. The molecule has 3 heterocycles. The van der Waals surface area contributed by atoms with E-state index >= 15 is 0 Å². The van der Waals surface area contributed by atoms with Gasteiger partial charge in [-0.3, -0.25) is 4.57 Å². The summed E-state index contributed by atoms with van der Waals surface area (Å²) < 4.78 is 9.22. The SMILES string of the molecule is Cc1cc2c(cc1C)N(c1cc(C(C)(C)c3ccccc3)cc(C(C)(C)c3ccccc3)c1)CN2c1cc(Oc2ccc3c4ccccc4n(-c4ccccn4)c3c2)cc(-c2ccccc2)c1. The molecule has 5 nitrogen and oxygen atoms in total. The number of rotatable bonds is 10. The van der Waals surface area contributed by atoms with Crippen LogP contribution in [0.4, 0.5) is 22.7 Å². The van der Waals surface area contributed by atoms with E-state index in [1.54, 1.807) is 0 Å². The van der Waals surface area contributed by atoms with Gasteiger partial charge in [0.25, 0.3) is 0 Å². The Balaban J connectivity index is 1.05. The highest BCUT2D eigenvalue weighted by Gasteiger charge is 2.34. The number of aryl methyl sites for hydroxylation is 2. The van der Waals surface area contributed by atoms with Gasteiger partial charge in [-0.15, -0.1) is 0 Å². The Kier molecular flexibility index (Phi) is 10.3. The Morgan fingerprint density at radius 2 is 0.985 bits per heavy atom. The first-order valence-electron chi connectivity index (χ1n) is 23.3. The van der Waals surface area contributed by atoms with Gasteiger partial charge in [0.15, 0.2) is 0 Å². The van der Waals surface area contributed by atoms with E-state index in [9.17, 15) is 0 Å². The number of hydrogen-bond donors (Lipinski definition) is 0. The normalized spacial score (nSPS) is 12.8. The quantitative estimate of drug-likeness (QED) is 0.137. The Bertz CT molecular complexity index is 3360. The minimum Gasteiger partial charge on any atom is -0.457 e. The molecule has 0 bridgehead atoms. The van der Waals surface area contributed by atoms with Crippen LogP contribution in [0.5, 0.6) is 11.5 Å². The maximum atomic E-state index is 6.99. The van der Waals surface area contributed by atoms with Gasteiger partial charge in [-0.25, -0.2) is 4.98 Å². The maximum absolute atomic E-state index is 6.99. The van der Waals surface area contributed by atoms with Crippen molar-refractivity contribution in [1.29, 1.82) is 0 Å². The average molecular weight is 871 g/mol. The molecule has 0 radical (unpaired) electrons. The number of aromatic nitrogens is 2. The zero-order valence-electron chi connectivity index (χ0n) is 39.0. The summed E-state index contributed by atoms with van der Waals surface area (Å²) in [6.07, 6.45) is 1.85. The molecule has 0 fully saturated rings. The molecule has 0 N–H and O–H groups in total. The summed E-state index contributed by atoms with van der Waals surface area (Å²) in [5, 5.41) is 2.33. The Morgan fingerprint density at radius 1 is 0.433 bits per heavy atom. The molecular weight excluding hydrogens is 817 g/mol. The van der Waals surface area contributed by atoms with Gasteiger partial charge in [0.05, 0.1) is 22.4 Å². The summed E-state index contributed by atoms with van der Waals surface area (Å²) in [4.78, 5) is 9.74. The molecule has 11 rings (SSSR count). The van der Waals surface area contributed by atoms with Crippen LogP contribution in [-0.4, -0.2) is 16.2 Å². The van der Waals surface area contributed by atoms with Crippen molar-refractivity contribution in [1.82, 2.24) is 9.55 Å². The highest BCUT2D eigenvalue weighted by atomic mass is 16.5. The molecule has 328 valence electrons. The maximum Gasteiger partial charge on any atom is 0.137 e. The number of ether oxygens (including phenoxy) is 1. The molecular formula is C62H54N4O. The van der Waals surface area contributed by atoms with Crippen molar-refractivity contribution in [3.8, 4) is 28.4 Å². The molecule has 1 aliphatic heterocycles. The molecule has 1 aliphatic rings. The van der Waals surface area contributed by atoms with E-state index in [1.807, 2.05) is 18.3 Å². The van der Waals surface area contributed by atoms with Crippen molar-refractivity contribution in [3.63, 3.8) is 0 Å².